The van der Waals surface area contributed by atoms with Crippen molar-refractivity contribution in [1.82, 2.24) is 0 Å². The molecule has 0 heterocycles. The van der Waals surface area contributed by atoms with Gasteiger partial charge < -0.3 is 10.4 Å². The first-order chi connectivity index (χ1) is 8.93. The number of hydrogen-bond acceptors (Lipinski definition) is 4. The number of aromatic carboxylic acids is 1. The fourth-order valence-electron chi connectivity index (χ4n) is 2.07. The molecule has 6 nitrogen and oxygen atoms in total. The Labute approximate surface area is 108 Å². The monoisotopic (exact) mass is 268 g/mol. The second-order valence-corrected chi connectivity index (χ2v) is 4.57. The van der Waals surface area contributed by atoms with E-state index in [2.05, 4.69) is 5.32 Å². The predicted molar refractivity (Wildman–Crippen MR) is 65.8 cm³/mol. The minimum Gasteiger partial charge on any atom is -0.477 e. The van der Waals surface area contributed by atoms with Gasteiger partial charge in [-0.2, -0.15) is 0 Å². The van der Waals surface area contributed by atoms with Gasteiger partial charge in [-0.15, -0.1) is 0 Å². The van der Waals surface area contributed by atoms with Gasteiger partial charge in [0.05, 0.1) is 16.7 Å². The zero-order valence-electron chi connectivity index (χ0n) is 10.2. The average Bonchev–Trinajstić information content (AvgIpc) is 3.09. The molecule has 2 N–H and O–H groups in total. The molecule has 2 rings (SSSR count). The Kier molecular flexibility index (Phi) is 3.37. The largest absolute Gasteiger partial charge is 0.477 e. The summed E-state index contributed by atoms with van der Waals surface area (Å²) >= 11 is 0. The topological polar surface area (TPSA) is 92.5 Å². The number of nitro benzene ring substituents is 1. The summed E-state index contributed by atoms with van der Waals surface area (Å²) in [6, 6.07) is 1.75. The molecule has 1 fully saturated rings. The lowest BCUT2D eigenvalue weighted by molar-refractivity contribution is -0.385. The number of carbonyl (C=O) groups is 1. The first kappa shape index (κ1) is 13.3. The number of halogens is 1. The van der Waals surface area contributed by atoms with E-state index in [1.54, 1.807) is 0 Å². The van der Waals surface area contributed by atoms with E-state index in [9.17, 15) is 19.3 Å². The van der Waals surface area contributed by atoms with E-state index in [0.29, 0.717) is 12.0 Å². The molecule has 2 unspecified atom stereocenters. The molecule has 2 atom stereocenters. The van der Waals surface area contributed by atoms with Crippen LogP contribution in [0.2, 0.25) is 0 Å². The molecule has 0 saturated heterocycles. The fourth-order valence-corrected chi connectivity index (χ4v) is 2.07. The van der Waals surface area contributed by atoms with E-state index in [1.807, 2.05) is 6.92 Å². The van der Waals surface area contributed by atoms with Crippen LogP contribution in [-0.4, -0.2) is 22.0 Å². The summed E-state index contributed by atoms with van der Waals surface area (Å²) in [5.41, 5.74) is -1.25. The Hall–Kier alpha value is -2.18. The maximum atomic E-state index is 13.7. The van der Waals surface area contributed by atoms with Crippen molar-refractivity contribution in [2.45, 2.75) is 25.8 Å². The van der Waals surface area contributed by atoms with E-state index >= 15 is 0 Å². The van der Waals surface area contributed by atoms with Gasteiger partial charge in [-0.1, -0.05) is 13.3 Å². The Morgan fingerprint density at radius 1 is 1.63 bits per heavy atom. The molecule has 1 aliphatic carbocycles. The maximum absolute atomic E-state index is 13.7. The molecule has 1 aromatic carbocycles. The van der Waals surface area contributed by atoms with E-state index in [-0.39, 0.29) is 11.7 Å². The third-order valence-corrected chi connectivity index (χ3v) is 3.30. The van der Waals surface area contributed by atoms with Crippen LogP contribution in [-0.2, 0) is 0 Å². The quantitative estimate of drug-likeness (QED) is 0.632. The molecule has 0 spiro atoms. The van der Waals surface area contributed by atoms with Gasteiger partial charge in [0.1, 0.15) is 5.56 Å². The van der Waals surface area contributed by atoms with Crippen LogP contribution in [0.3, 0.4) is 0 Å². The summed E-state index contributed by atoms with van der Waals surface area (Å²) in [6.07, 6.45) is 1.85. The molecule has 0 amide bonds. The SMILES string of the molecule is CCC1CC1Nc1cc(C(=O)O)c([N+](=O)[O-])cc1F. The van der Waals surface area contributed by atoms with Crippen molar-refractivity contribution >= 4 is 17.3 Å². The lowest BCUT2D eigenvalue weighted by atomic mass is 10.1. The van der Waals surface area contributed by atoms with Crippen molar-refractivity contribution in [1.29, 1.82) is 0 Å². The summed E-state index contributed by atoms with van der Waals surface area (Å²) in [6.45, 7) is 2.02. The highest BCUT2D eigenvalue weighted by Gasteiger charge is 2.36. The normalized spacial score (nSPS) is 20.9. The molecule has 0 bridgehead atoms. The van der Waals surface area contributed by atoms with Crippen LogP contribution in [0.15, 0.2) is 12.1 Å². The molecule has 7 heteroatoms. The molecule has 0 aromatic heterocycles. The van der Waals surface area contributed by atoms with Gasteiger partial charge in [0.25, 0.3) is 5.69 Å². The molecular formula is C12H13FN2O4. The van der Waals surface area contributed by atoms with Crippen molar-refractivity contribution in [3.05, 3.63) is 33.6 Å². The Balaban J connectivity index is 2.32. The van der Waals surface area contributed by atoms with Gasteiger partial charge in [0, 0.05) is 6.04 Å². The Morgan fingerprint density at radius 3 is 2.79 bits per heavy atom. The number of carboxylic acid groups (broad SMARTS) is 1. The Bertz CT molecular complexity index is 547. The second-order valence-electron chi connectivity index (χ2n) is 4.57. The van der Waals surface area contributed by atoms with Gasteiger partial charge >= 0.3 is 5.97 Å². The maximum Gasteiger partial charge on any atom is 0.342 e. The predicted octanol–water partition coefficient (Wildman–Crippen LogP) is 2.64. The smallest absolute Gasteiger partial charge is 0.342 e. The van der Waals surface area contributed by atoms with Crippen molar-refractivity contribution in [2.24, 2.45) is 5.92 Å². The van der Waals surface area contributed by atoms with Crippen molar-refractivity contribution < 1.29 is 19.2 Å². The number of nitrogens with one attached hydrogen (secondary N) is 1. The Morgan fingerprint density at radius 2 is 2.32 bits per heavy atom. The van der Waals surface area contributed by atoms with Crippen LogP contribution in [0, 0.1) is 21.8 Å². The highest BCUT2D eigenvalue weighted by Crippen LogP contribution is 2.37. The average molecular weight is 268 g/mol. The molecule has 0 aliphatic heterocycles. The number of rotatable bonds is 5. The highest BCUT2D eigenvalue weighted by atomic mass is 19.1. The van der Waals surface area contributed by atoms with Crippen LogP contribution in [0.4, 0.5) is 15.8 Å². The van der Waals surface area contributed by atoms with E-state index < -0.39 is 28.0 Å². The number of benzene rings is 1. The molecule has 102 valence electrons. The zero-order valence-corrected chi connectivity index (χ0v) is 10.2. The standard InChI is InChI=1S/C12H13FN2O4/c1-2-6-3-9(6)14-10-4-7(12(16)17)11(15(18)19)5-8(10)13/h4-6,9,14H,2-3H2,1H3,(H,16,17). The molecule has 1 aliphatic rings. The van der Waals surface area contributed by atoms with E-state index in [0.717, 1.165) is 18.9 Å². The van der Waals surface area contributed by atoms with Crippen molar-refractivity contribution in [3.63, 3.8) is 0 Å². The van der Waals surface area contributed by atoms with Gasteiger partial charge in [-0.25, -0.2) is 9.18 Å². The van der Waals surface area contributed by atoms with Crippen molar-refractivity contribution in [3.8, 4) is 0 Å². The van der Waals surface area contributed by atoms with Crippen LogP contribution < -0.4 is 5.32 Å². The minimum absolute atomic E-state index is 0.00366. The third kappa shape index (κ3) is 2.64. The zero-order chi connectivity index (χ0) is 14.2. The molecular weight excluding hydrogens is 255 g/mol. The summed E-state index contributed by atoms with van der Waals surface area (Å²) in [5.74, 6) is -1.81. The highest BCUT2D eigenvalue weighted by molar-refractivity contribution is 5.93. The van der Waals surface area contributed by atoms with Gasteiger partial charge in [0.15, 0.2) is 5.82 Å². The lowest BCUT2D eigenvalue weighted by Gasteiger charge is -2.08. The van der Waals surface area contributed by atoms with Gasteiger partial charge in [-0.3, -0.25) is 10.1 Å². The third-order valence-electron chi connectivity index (χ3n) is 3.30. The fraction of sp³-hybridized carbons (Fsp3) is 0.417. The van der Waals surface area contributed by atoms with Crippen LogP contribution in [0.1, 0.15) is 30.1 Å². The minimum atomic E-state index is -1.45. The molecule has 19 heavy (non-hydrogen) atoms. The number of anilines is 1. The van der Waals surface area contributed by atoms with Gasteiger partial charge in [-0.05, 0) is 18.4 Å². The summed E-state index contributed by atoms with van der Waals surface area (Å²) in [5, 5.41) is 22.5. The van der Waals surface area contributed by atoms with Crippen molar-refractivity contribution in [2.75, 3.05) is 5.32 Å². The number of carboxylic acids is 1. The van der Waals surface area contributed by atoms with E-state index in [1.165, 1.54) is 0 Å². The van der Waals surface area contributed by atoms with Gasteiger partial charge in [0.2, 0.25) is 0 Å². The summed E-state index contributed by atoms with van der Waals surface area (Å²) in [7, 11) is 0. The van der Waals surface area contributed by atoms with E-state index in [4.69, 9.17) is 5.11 Å². The van der Waals surface area contributed by atoms with Crippen LogP contribution in [0.25, 0.3) is 0 Å². The molecule has 1 saturated carbocycles. The first-order valence-electron chi connectivity index (χ1n) is 5.91. The summed E-state index contributed by atoms with van der Waals surface area (Å²) in [4.78, 5) is 20.7. The molecule has 0 radical (unpaired) electrons. The summed E-state index contributed by atoms with van der Waals surface area (Å²) < 4.78 is 13.7. The number of hydrogen-bond donors (Lipinski definition) is 2. The first-order valence-corrected chi connectivity index (χ1v) is 5.91. The number of nitro groups is 1. The van der Waals surface area contributed by atoms with Crippen LogP contribution >= 0.6 is 0 Å². The molecule has 1 aromatic rings. The van der Waals surface area contributed by atoms with Crippen LogP contribution in [0.5, 0.6) is 0 Å². The second kappa shape index (κ2) is 4.83. The lowest BCUT2D eigenvalue weighted by Crippen LogP contribution is -2.10. The number of nitrogens with zero attached hydrogens (tertiary/aromatic N) is 1.